The maximum Gasteiger partial charge on any atom is 0.256 e. The number of aryl methyl sites for hydroxylation is 1. The molecule has 1 atom stereocenters. The minimum Gasteiger partial charge on any atom is -0.491 e. The Labute approximate surface area is 205 Å². The number of rotatable bonds is 2. The lowest BCUT2D eigenvalue weighted by Crippen LogP contribution is -2.62. The molecular formula is C27H32N2O6. The molecule has 2 aromatic rings. The van der Waals surface area contributed by atoms with Crippen molar-refractivity contribution in [2.45, 2.75) is 38.2 Å². The van der Waals surface area contributed by atoms with Crippen LogP contribution in [0, 0.1) is 0 Å². The highest BCUT2D eigenvalue weighted by Crippen LogP contribution is 2.34. The van der Waals surface area contributed by atoms with E-state index >= 15 is 0 Å². The molecule has 8 heteroatoms. The fourth-order valence-electron chi connectivity index (χ4n) is 5.09. The monoisotopic (exact) mass is 480 g/mol. The lowest BCUT2D eigenvalue weighted by molar-refractivity contribution is -0.170. The van der Waals surface area contributed by atoms with Crippen LogP contribution >= 0.6 is 0 Å². The van der Waals surface area contributed by atoms with E-state index in [-0.39, 0.29) is 25.2 Å². The fourth-order valence-corrected chi connectivity index (χ4v) is 5.09. The van der Waals surface area contributed by atoms with Crippen LogP contribution in [-0.2, 0) is 16.0 Å². The van der Waals surface area contributed by atoms with Gasteiger partial charge in [0.05, 0.1) is 19.7 Å². The van der Waals surface area contributed by atoms with Gasteiger partial charge in [0.1, 0.15) is 12.4 Å². The van der Waals surface area contributed by atoms with Crippen molar-refractivity contribution < 1.29 is 28.5 Å². The minimum absolute atomic E-state index is 0.0688. The summed E-state index contributed by atoms with van der Waals surface area (Å²) in [7, 11) is 0. The highest BCUT2D eigenvalue weighted by Gasteiger charge is 2.46. The molecule has 3 heterocycles. The topological polar surface area (TPSA) is 77.5 Å². The lowest BCUT2D eigenvalue weighted by Gasteiger charge is -2.44. The summed E-state index contributed by atoms with van der Waals surface area (Å²) in [5.41, 5.74) is 0.642. The van der Waals surface area contributed by atoms with Crippen molar-refractivity contribution in [3.8, 4) is 17.2 Å². The van der Waals surface area contributed by atoms with E-state index in [1.54, 1.807) is 28.0 Å². The first kappa shape index (κ1) is 23.5. The van der Waals surface area contributed by atoms with Gasteiger partial charge in [-0.05, 0) is 62.4 Å². The predicted octanol–water partition coefficient (Wildman–Crippen LogP) is 3.28. The van der Waals surface area contributed by atoms with Gasteiger partial charge in [-0.15, -0.1) is 0 Å². The maximum absolute atomic E-state index is 13.8. The van der Waals surface area contributed by atoms with Crippen molar-refractivity contribution in [2.24, 2.45) is 0 Å². The summed E-state index contributed by atoms with van der Waals surface area (Å²) in [6, 6.07) is 13.3. The summed E-state index contributed by atoms with van der Waals surface area (Å²) < 4.78 is 23.1. The van der Waals surface area contributed by atoms with E-state index in [0.29, 0.717) is 56.3 Å². The van der Waals surface area contributed by atoms with Crippen LogP contribution in [0.5, 0.6) is 17.2 Å². The number of hydrogen-bond acceptors (Lipinski definition) is 6. The van der Waals surface area contributed by atoms with Gasteiger partial charge in [0.15, 0.2) is 17.1 Å². The van der Waals surface area contributed by atoms with Gasteiger partial charge in [0, 0.05) is 18.7 Å². The first-order valence-corrected chi connectivity index (χ1v) is 12.4. The number of hydrogen-bond donors (Lipinski definition) is 0. The van der Waals surface area contributed by atoms with Crippen LogP contribution in [-0.4, -0.2) is 73.4 Å². The second kappa shape index (κ2) is 10.2. The van der Waals surface area contributed by atoms with E-state index in [9.17, 15) is 9.59 Å². The van der Waals surface area contributed by atoms with E-state index in [0.717, 1.165) is 25.0 Å². The molecule has 0 aliphatic carbocycles. The number of likely N-dealkylation sites (N-methyl/N-ethyl adjacent to an activating group) is 1. The van der Waals surface area contributed by atoms with E-state index in [4.69, 9.17) is 18.9 Å². The summed E-state index contributed by atoms with van der Waals surface area (Å²) in [5, 5.41) is 0. The average Bonchev–Trinajstić information content (AvgIpc) is 3.37. The molecule has 1 spiro atoms. The van der Waals surface area contributed by atoms with E-state index < -0.39 is 5.60 Å². The summed E-state index contributed by atoms with van der Waals surface area (Å²) in [6.07, 6.45) is 3.15. The number of morpholine rings is 1. The van der Waals surface area contributed by atoms with Gasteiger partial charge >= 0.3 is 0 Å². The van der Waals surface area contributed by atoms with Crippen LogP contribution in [0.2, 0.25) is 0 Å². The number of carbonyl (C=O) groups is 2. The molecule has 5 rings (SSSR count). The Hall–Kier alpha value is -3.26. The Morgan fingerprint density at radius 3 is 2.71 bits per heavy atom. The van der Waals surface area contributed by atoms with Crippen LogP contribution in [0.15, 0.2) is 42.5 Å². The molecule has 8 nitrogen and oxygen atoms in total. The minimum atomic E-state index is -1.06. The van der Waals surface area contributed by atoms with Crippen LogP contribution in [0.3, 0.4) is 0 Å². The van der Waals surface area contributed by atoms with Gasteiger partial charge < -0.3 is 28.7 Å². The molecule has 2 amide bonds. The van der Waals surface area contributed by atoms with Crippen molar-refractivity contribution in [2.75, 3.05) is 46.2 Å². The third-order valence-electron chi connectivity index (χ3n) is 7.02. The Bertz CT molecular complexity index is 1090. The normalized spacial score (nSPS) is 22.7. The largest absolute Gasteiger partial charge is 0.491 e. The van der Waals surface area contributed by atoms with Crippen LogP contribution < -0.4 is 14.2 Å². The molecule has 0 saturated carbocycles. The molecule has 3 aliphatic rings. The zero-order valence-electron chi connectivity index (χ0n) is 20.2. The van der Waals surface area contributed by atoms with Crippen molar-refractivity contribution in [3.63, 3.8) is 0 Å². The van der Waals surface area contributed by atoms with Gasteiger partial charge in [-0.1, -0.05) is 18.2 Å². The number of para-hydroxylation sites is 1. The zero-order chi connectivity index (χ0) is 24.3. The molecule has 3 aliphatic heterocycles. The number of carbonyl (C=O) groups excluding carboxylic acids is 2. The Morgan fingerprint density at radius 1 is 0.971 bits per heavy atom. The van der Waals surface area contributed by atoms with Gasteiger partial charge in [0.2, 0.25) is 6.79 Å². The smallest absolute Gasteiger partial charge is 0.256 e. The maximum atomic E-state index is 13.8. The number of benzene rings is 2. The second-order valence-electron chi connectivity index (χ2n) is 9.19. The van der Waals surface area contributed by atoms with Gasteiger partial charge in [-0.3, -0.25) is 9.59 Å². The highest BCUT2D eigenvalue weighted by atomic mass is 16.7. The standard InChI is InChI=1S/C27H32N2O6/c1-2-28-13-15-32-22-9-4-3-7-20(22)8-5-6-12-27(26(28)31)18-29(14-16-35-27)25(30)21-10-11-23-24(17-21)34-19-33-23/h3-4,7,9-11,17H,2,5-6,8,12-16,18-19H2,1H3. The third-order valence-corrected chi connectivity index (χ3v) is 7.02. The summed E-state index contributed by atoms with van der Waals surface area (Å²) in [4.78, 5) is 30.8. The number of ether oxygens (including phenoxy) is 4. The van der Waals surface area contributed by atoms with E-state index in [1.807, 2.05) is 25.1 Å². The summed E-state index contributed by atoms with van der Waals surface area (Å²) in [6.45, 7) is 4.52. The van der Waals surface area contributed by atoms with E-state index in [1.165, 1.54) is 5.56 Å². The number of amides is 2. The van der Waals surface area contributed by atoms with E-state index in [2.05, 4.69) is 6.07 Å². The summed E-state index contributed by atoms with van der Waals surface area (Å²) >= 11 is 0. The molecule has 0 radical (unpaired) electrons. The molecule has 0 N–H and O–H groups in total. The molecule has 1 fully saturated rings. The van der Waals surface area contributed by atoms with Gasteiger partial charge in [0.25, 0.3) is 11.8 Å². The quantitative estimate of drug-likeness (QED) is 0.657. The SMILES string of the molecule is CCN1CCOc2ccccc2CCCCC2(CN(C(=O)c3ccc4c(c3)OCO4)CCO2)C1=O. The lowest BCUT2D eigenvalue weighted by atomic mass is 9.90. The number of fused-ring (bicyclic) bond motifs is 2. The Balaban J connectivity index is 1.37. The second-order valence-corrected chi connectivity index (χ2v) is 9.19. The van der Waals surface area contributed by atoms with Crippen LogP contribution in [0.25, 0.3) is 0 Å². The predicted molar refractivity (Wildman–Crippen MR) is 129 cm³/mol. The Morgan fingerprint density at radius 2 is 1.83 bits per heavy atom. The van der Waals surface area contributed by atoms with Crippen molar-refractivity contribution in [1.82, 2.24) is 9.80 Å². The average molecular weight is 481 g/mol. The zero-order valence-corrected chi connectivity index (χ0v) is 20.2. The van der Waals surface area contributed by atoms with Crippen molar-refractivity contribution >= 4 is 11.8 Å². The Kier molecular flexibility index (Phi) is 6.81. The van der Waals surface area contributed by atoms with Crippen molar-refractivity contribution in [3.05, 3.63) is 53.6 Å². The van der Waals surface area contributed by atoms with Crippen LogP contribution in [0.1, 0.15) is 42.1 Å². The highest BCUT2D eigenvalue weighted by molar-refractivity contribution is 5.96. The molecule has 0 aromatic heterocycles. The first-order valence-electron chi connectivity index (χ1n) is 12.4. The molecule has 35 heavy (non-hydrogen) atoms. The molecule has 1 unspecified atom stereocenters. The third kappa shape index (κ3) is 4.80. The van der Waals surface area contributed by atoms with Crippen LogP contribution in [0.4, 0.5) is 0 Å². The van der Waals surface area contributed by atoms with Gasteiger partial charge in [-0.2, -0.15) is 0 Å². The first-order chi connectivity index (χ1) is 17.1. The molecule has 186 valence electrons. The fraction of sp³-hybridized carbons (Fsp3) is 0.481. The summed E-state index contributed by atoms with van der Waals surface area (Å²) in [5.74, 6) is 1.89. The molecule has 0 bridgehead atoms. The van der Waals surface area contributed by atoms with Crippen molar-refractivity contribution in [1.29, 1.82) is 0 Å². The van der Waals surface area contributed by atoms with Gasteiger partial charge in [-0.25, -0.2) is 0 Å². The molecule has 2 aromatic carbocycles. The number of nitrogens with zero attached hydrogens (tertiary/aromatic N) is 2. The molecular weight excluding hydrogens is 448 g/mol. The molecule has 1 saturated heterocycles.